The number of rotatable bonds is 5. The lowest BCUT2D eigenvalue weighted by Gasteiger charge is -2.16. The second-order valence-corrected chi connectivity index (χ2v) is 7.63. The average molecular weight is 461 g/mol. The molecule has 0 fully saturated rings. The monoisotopic (exact) mass is 460 g/mol. The molecule has 0 aliphatic heterocycles. The molecule has 0 aliphatic rings. The predicted octanol–water partition coefficient (Wildman–Crippen LogP) is 5.59. The fourth-order valence-corrected chi connectivity index (χ4v) is 2.95. The molecule has 3 aromatic rings. The molecule has 0 saturated heterocycles. The van der Waals surface area contributed by atoms with E-state index >= 15 is 0 Å². The molecule has 2 aromatic carbocycles. The summed E-state index contributed by atoms with van der Waals surface area (Å²) in [5.41, 5.74) is 0.925. The van der Waals surface area contributed by atoms with Gasteiger partial charge in [-0.2, -0.15) is 18.3 Å². The zero-order valence-electron chi connectivity index (χ0n) is 17.6. The second kappa shape index (κ2) is 9.40. The van der Waals surface area contributed by atoms with Crippen molar-refractivity contribution in [3.05, 3.63) is 82.4 Å². The van der Waals surface area contributed by atoms with Crippen molar-refractivity contribution in [1.82, 2.24) is 9.99 Å². The Hall–Kier alpha value is -3.39. The van der Waals surface area contributed by atoms with Crippen LogP contribution in [0.25, 0.3) is 11.3 Å². The van der Waals surface area contributed by atoms with Crippen LogP contribution < -0.4 is 4.90 Å². The van der Waals surface area contributed by atoms with E-state index in [0.29, 0.717) is 21.7 Å². The summed E-state index contributed by atoms with van der Waals surface area (Å²) < 4.78 is 40.0. The molecule has 0 spiro atoms. The molecule has 3 rings (SSSR count). The first-order chi connectivity index (χ1) is 15.0. The fraction of sp³-hybridized carbons (Fsp3) is 0.174. The van der Waals surface area contributed by atoms with E-state index in [-0.39, 0.29) is 17.4 Å². The molecule has 32 heavy (non-hydrogen) atoms. The number of carbonyl (C=O) groups is 1. The van der Waals surface area contributed by atoms with Crippen LogP contribution in [-0.2, 0) is 6.18 Å². The van der Waals surface area contributed by atoms with Gasteiger partial charge >= 0.3 is 6.18 Å². The summed E-state index contributed by atoms with van der Waals surface area (Å²) in [6, 6.07) is 15.2. The molecule has 1 aromatic heterocycles. The molecule has 9 heteroatoms. The number of benzene rings is 2. The van der Waals surface area contributed by atoms with Crippen molar-refractivity contribution in [2.75, 3.05) is 26.0 Å². The molecule has 5 nitrogen and oxygen atoms in total. The Kier molecular flexibility index (Phi) is 6.84. The molecule has 0 bridgehead atoms. The number of pyridine rings is 1. The summed E-state index contributed by atoms with van der Waals surface area (Å²) in [5, 5.41) is 5.84. The topological polar surface area (TPSA) is 48.8 Å². The molecule has 1 heterocycles. The van der Waals surface area contributed by atoms with Crippen LogP contribution in [0.4, 0.5) is 19.0 Å². The number of hydrogen-bond donors (Lipinski definition) is 0. The fourth-order valence-electron chi connectivity index (χ4n) is 2.82. The predicted molar refractivity (Wildman–Crippen MR) is 120 cm³/mol. The molecular weight excluding hydrogens is 441 g/mol. The maximum absolute atomic E-state index is 13.3. The van der Waals surface area contributed by atoms with Gasteiger partial charge in [0.05, 0.1) is 17.5 Å². The molecule has 0 N–H and O–H groups in total. The van der Waals surface area contributed by atoms with Crippen molar-refractivity contribution in [3.63, 3.8) is 0 Å². The third-order valence-electron chi connectivity index (χ3n) is 4.54. The maximum atomic E-state index is 13.3. The normalized spacial score (nSPS) is 11.6. The SMILES string of the molecule is CN(N=Cc1cccc(-c2cc(C(F)(F)F)cc(N(C)C)n2)c1)C(=O)c1ccc(Cl)cc1. The Morgan fingerprint density at radius 3 is 2.34 bits per heavy atom. The van der Waals surface area contributed by atoms with Gasteiger partial charge in [-0.3, -0.25) is 4.79 Å². The summed E-state index contributed by atoms with van der Waals surface area (Å²) in [7, 11) is 4.76. The summed E-state index contributed by atoms with van der Waals surface area (Å²) >= 11 is 5.84. The highest BCUT2D eigenvalue weighted by Gasteiger charge is 2.32. The summed E-state index contributed by atoms with van der Waals surface area (Å²) in [6.07, 6.45) is -3.04. The molecule has 1 amide bonds. The van der Waals surface area contributed by atoms with E-state index in [1.54, 1.807) is 62.6 Å². The molecular formula is C23H20ClF3N4O. The van der Waals surface area contributed by atoms with Gasteiger partial charge in [-0.1, -0.05) is 29.8 Å². The highest BCUT2D eigenvalue weighted by molar-refractivity contribution is 6.30. The third kappa shape index (κ3) is 5.64. The van der Waals surface area contributed by atoms with E-state index < -0.39 is 11.7 Å². The van der Waals surface area contributed by atoms with Gasteiger partial charge in [0.2, 0.25) is 0 Å². The minimum atomic E-state index is -4.49. The minimum Gasteiger partial charge on any atom is -0.363 e. The van der Waals surface area contributed by atoms with E-state index in [2.05, 4.69) is 10.1 Å². The van der Waals surface area contributed by atoms with Crippen LogP contribution >= 0.6 is 11.6 Å². The van der Waals surface area contributed by atoms with Crippen LogP contribution in [0.1, 0.15) is 21.5 Å². The van der Waals surface area contributed by atoms with Crippen molar-refractivity contribution in [2.24, 2.45) is 5.10 Å². The Bertz CT molecular complexity index is 1140. The number of anilines is 1. The average Bonchev–Trinajstić information content (AvgIpc) is 2.76. The number of halogens is 4. The quantitative estimate of drug-likeness (QED) is 0.368. The van der Waals surface area contributed by atoms with Crippen LogP contribution in [0, 0.1) is 0 Å². The number of aromatic nitrogens is 1. The van der Waals surface area contributed by atoms with Gasteiger partial charge in [-0.05, 0) is 48.0 Å². The van der Waals surface area contributed by atoms with Crippen molar-refractivity contribution < 1.29 is 18.0 Å². The molecule has 0 radical (unpaired) electrons. The van der Waals surface area contributed by atoms with E-state index in [1.165, 1.54) is 23.2 Å². The first-order valence-electron chi connectivity index (χ1n) is 9.49. The lowest BCUT2D eigenvalue weighted by molar-refractivity contribution is -0.137. The van der Waals surface area contributed by atoms with Crippen molar-refractivity contribution >= 4 is 29.5 Å². The van der Waals surface area contributed by atoms with Crippen molar-refractivity contribution in [3.8, 4) is 11.3 Å². The molecule has 166 valence electrons. The van der Waals surface area contributed by atoms with Gasteiger partial charge in [0.15, 0.2) is 0 Å². The largest absolute Gasteiger partial charge is 0.416 e. The van der Waals surface area contributed by atoms with E-state index in [9.17, 15) is 18.0 Å². The van der Waals surface area contributed by atoms with Gasteiger partial charge in [0, 0.05) is 37.3 Å². The first kappa shape index (κ1) is 23.3. The van der Waals surface area contributed by atoms with Gasteiger partial charge < -0.3 is 4.90 Å². The van der Waals surface area contributed by atoms with Gasteiger partial charge in [-0.25, -0.2) is 9.99 Å². The summed E-state index contributed by atoms with van der Waals surface area (Å²) in [5.74, 6) is -0.133. The Balaban J connectivity index is 1.87. The zero-order valence-corrected chi connectivity index (χ0v) is 18.3. The Morgan fingerprint density at radius 1 is 1.03 bits per heavy atom. The number of hydrazone groups is 1. The maximum Gasteiger partial charge on any atom is 0.416 e. The minimum absolute atomic E-state index is 0.185. The van der Waals surface area contributed by atoms with Gasteiger partial charge in [-0.15, -0.1) is 0 Å². The van der Waals surface area contributed by atoms with Crippen LogP contribution in [0.3, 0.4) is 0 Å². The van der Waals surface area contributed by atoms with Crippen LogP contribution in [0.15, 0.2) is 65.8 Å². The van der Waals surface area contributed by atoms with E-state index in [4.69, 9.17) is 11.6 Å². The molecule has 0 saturated carbocycles. The van der Waals surface area contributed by atoms with Crippen LogP contribution in [-0.4, -0.2) is 43.3 Å². The molecule has 0 aliphatic carbocycles. The van der Waals surface area contributed by atoms with Gasteiger partial charge in [0.1, 0.15) is 5.82 Å². The van der Waals surface area contributed by atoms with Crippen molar-refractivity contribution in [2.45, 2.75) is 6.18 Å². The van der Waals surface area contributed by atoms with Crippen LogP contribution in [0.2, 0.25) is 5.02 Å². The van der Waals surface area contributed by atoms with Crippen molar-refractivity contribution in [1.29, 1.82) is 0 Å². The molecule has 0 unspecified atom stereocenters. The number of nitrogens with zero attached hydrogens (tertiary/aromatic N) is 4. The zero-order chi connectivity index (χ0) is 23.5. The highest BCUT2D eigenvalue weighted by Crippen LogP contribution is 2.34. The molecule has 0 atom stereocenters. The highest BCUT2D eigenvalue weighted by atomic mass is 35.5. The van der Waals surface area contributed by atoms with Gasteiger partial charge in [0.25, 0.3) is 5.91 Å². The third-order valence-corrected chi connectivity index (χ3v) is 4.80. The number of alkyl halides is 3. The smallest absolute Gasteiger partial charge is 0.363 e. The van der Waals surface area contributed by atoms with E-state index in [0.717, 1.165) is 12.1 Å². The van der Waals surface area contributed by atoms with E-state index in [1.807, 2.05) is 0 Å². The second-order valence-electron chi connectivity index (χ2n) is 7.20. The lowest BCUT2D eigenvalue weighted by atomic mass is 10.1. The van der Waals surface area contributed by atoms with Crippen LogP contribution in [0.5, 0.6) is 0 Å². The lowest BCUT2D eigenvalue weighted by Crippen LogP contribution is -2.21. The number of carbonyl (C=O) groups excluding carboxylic acids is 1. The Morgan fingerprint density at radius 2 is 1.72 bits per heavy atom. The first-order valence-corrected chi connectivity index (χ1v) is 9.87. The number of amides is 1. The Labute approximate surface area is 188 Å². The summed E-state index contributed by atoms with van der Waals surface area (Å²) in [6.45, 7) is 0. The standard InChI is InChI=1S/C23H20ClF3N4O/c1-30(2)21-13-18(23(25,26)27)12-20(29-21)17-6-4-5-15(11-17)14-28-31(3)22(32)16-7-9-19(24)10-8-16/h4-14H,1-3H3. The number of hydrogen-bond acceptors (Lipinski definition) is 4. The summed E-state index contributed by atoms with van der Waals surface area (Å²) in [4.78, 5) is 18.3.